The van der Waals surface area contributed by atoms with Crippen molar-refractivity contribution in [3.05, 3.63) is 53.5 Å². The van der Waals surface area contributed by atoms with Gasteiger partial charge < -0.3 is 9.84 Å². The molecular formula is C14H16N2O2. The Morgan fingerprint density at radius 2 is 2.11 bits per heavy atom. The molecule has 2 aromatic rings. The lowest BCUT2D eigenvalue weighted by molar-refractivity contribution is 0.178. The maximum Gasteiger partial charge on any atom is 0.212 e. The standard InChI is InChI=1S/C14H16N2O2/c1-10-5-12(9-15-7-10)13(17)6-11-3-4-14(18-2)16-8-11/h3-5,7-9,13,17H,6H2,1-2H3. The van der Waals surface area contributed by atoms with E-state index >= 15 is 0 Å². The minimum Gasteiger partial charge on any atom is -0.481 e. The molecule has 0 aliphatic heterocycles. The molecule has 2 heterocycles. The Labute approximate surface area is 106 Å². The van der Waals surface area contributed by atoms with E-state index in [1.165, 1.54) is 0 Å². The SMILES string of the molecule is COc1ccc(CC(O)c2cncc(C)c2)cn1. The molecule has 18 heavy (non-hydrogen) atoms. The van der Waals surface area contributed by atoms with Gasteiger partial charge in [-0.05, 0) is 23.6 Å². The summed E-state index contributed by atoms with van der Waals surface area (Å²) in [4.78, 5) is 8.19. The lowest BCUT2D eigenvalue weighted by Gasteiger charge is -2.11. The summed E-state index contributed by atoms with van der Waals surface area (Å²) in [6.45, 7) is 1.96. The summed E-state index contributed by atoms with van der Waals surface area (Å²) in [5.41, 5.74) is 2.83. The number of aliphatic hydroxyl groups is 1. The Balaban J connectivity index is 2.08. The molecular weight excluding hydrogens is 228 g/mol. The van der Waals surface area contributed by atoms with Crippen molar-refractivity contribution in [3.8, 4) is 5.88 Å². The molecule has 0 fully saturated rings. The van der Waals surface area contributed by atoms with Gasteiger partial charge >= 0.3 is 0 Å². The quantitative estimate of drug-likeness (QED) is 0.894. The van der Waals surface area contributed by atoms with E-state index in [1.807, 2.05) is 19.1 Å². The number of aryl methyl sites for hydroxylation is 1. The molecule has 0 radical (unpaired) electrons. The van der Waals surface area contributed by atoms with Crippen LogP contribution in [0.5, 0.6) is 5.88 Å². The van der Waals surface area contributed by atoms with Crippen LogP contribution in [0.1, 0.15) is 22.8 Å². The van der Waals surface area contributed by atoms with Crippen LogP contribution in [0, 0.1) is 6.92 Å². The van der Waals surface area contributed by atoms with Gasteiger partial charge in [0.2, 0.25) is 5.88 Å². The third kappa shape index (κ3) is 3.05. The molecule has 1 atom stereocenters. The average Bonchev–Trinajstić information content (AvgIpc) is 2.39. The molecule has 0 saturated carbocycles. The van der Waals surface area contributed by atoms with E-state index in [0.29, 0.717) is 12.3 Å². The van der Waals surface area contributed by atoms with E-state index < -0.39 is 6.10 Å². The molecule has 1 N–H and O–H groups in total. The van der Waals surface area contributed by atoms with Crippen LogP contribution in [-0.4, -0.2) is 22.2 Å². The maximum absolute atomic E-state index is 10.1. The Hall–Kier alpha value is -1.94. The van der Waals surface area contributed by atoms with E-state index in [9.17, 15) is 5.11 Å². The number of hydrogen-bond donors (Lipinski definition) is 1. The molecule has 2 rings (SSSR count). The lowest BCUT2D eigenvalue weighted by Crippen LogP contribution is -2.03. The molecule has 0 aliphatic rings. The highest BCUT2D eigenvalue weighted by Crippen LogP contribution is 2.18. The zero-order valence-electron chi connectivity index (χ0n) is 10.5. The number of rotatable bonds is 4. The Morgan fingerprint density at radius 1 is 1.28 bits per heavy atom. The highest BCUT2D eigenvalue weighted by Gasteiger charge is 2.09. The summed E-state index contributed by atoms with van der Waals surface area (Å²) in [5.74, 6) is 0.575. The zero-order chi connectivity index (χ0) is 13.0. The normalized spacial score (nSPS) is 12.2. The maximum atomic E-state index is 10.1. The first-order valence-corrected chi connectivity index (χ1v) is 5.77. The van der Waals surface area contributed by atoms with Crippen LogP contribution in [0.25, 0.3) is 0 Å². The Kier molecular flexibility index (Phi) is 3.89. The number of methoxy groups -OCH3 is 1. The predicted octanol–water partition coefficient (Wildman–Crippen LogP) is 2.07. The largest absolute Gasteiger partial charge is 0.481 e. The van der Waals surface area contributed by atoms with Gasteiger partial charge in [0, 0.05) is 31.1 Å². The molecule has 0 bridgehead atoms. The predicted molar refractivity (Wildman–Crippen MR) is 68.4 cm³/mol. The molecule has 4 nitrogen and oxygen atoms in total. The smallest absolute Gasteiger partial charge is 0.212 e. The summed E-state index contributed by atoms with van der Waals surface area (Å²) in [6.07, 6.45) is 5.13. The van der Waals surface area contributed by atoms with Crippen LogP contribution in [0.4, 0.5) is 0 Å². The molecule has 0 aliphatic carbocycles. The second kappa shape index (κ2) is 5.60. The molecule has 4 heteroatoms. The van der Waals surface area contributed by atoms with Gasteiger partial charge in [0.1, 0.15) is 0 Å². The minimum absolute atomic E-state index is 0.516. The first-order valence-electron chi connectivity index (χ1n) is 5.77. The second-order valence-corrected chi connectivity index (χ2v) is 4.22. The number of ether oxygens (including phenoxy) is 1. The summed E-state index contributed by atoms with van der Waals surface area (Å²) in [5, 5.41) is 10.1. The van der Waals surface area contributed by atoms with Crippen LogP contribution in [-0.2, 0) is 6.42 Å². The molecule has 0 spiro atoms. The van der Waals surface area contributed by atoms with Gasteiger partial charge in [-0.3, -0.25) is 4.98 Å². The van der Waals surface area contributed by atoms with Crippen molar-refractivity contribution in [2.75, 3.05) is 7.11 Å². The third-order valence-electron chi connectivity index (χ3n) is 2.72. The number of nitrogens with zero attached hydrogens (tertiary/aromatic N) is 2. The average molecular weight is 244 g/mol. The fourth-order valence-corrected chi connectivity index (χ4v) is 1.75. The fourth-order valence-electron chi connectivity index (χ4n) is 1.75. The molecule has 1 unspecified atom stereocenters. The van der Waals surface area contributed by atoms with E-state index in [2.05, 4.69) is 9.97 Å². The van der Waals surface area contributed by atoms with Gasteiger partial charge in [0.25, 0.3) is 0 Å². The third-order valence-corrected chi connectivity index (χ3v) is 2.72. The number of pyridine rings is 2. The molecule has 0 aromatic carbocycles. The van der Waals surface area contributed by atoms with E-state index in [4.69, 9.17) is 4.74 Å². The highest BCUT2D eigenvalue weighted by atomic mass is 16.5. The lowest BCUT2D eigenvalue weighted by atomic mass is 10.0. The summed E-state index contributed by atoms with van der Waals surface area (Å²) in [7, 11) is 1.58. The van der Waals surface area contributed by atoms with E-state index in [0.717, 1.165) is 16.7 Å². The van der Waals surface area contributed by atoms with E-state index in [1.54, 1.807) is 31.8 Å². The van der Waals surface area contributed by atoms with Gasteiger partial charge in [0.15, 0.2) is 0 Å². The van der Waals surface area contributed by atoms with Gasteiger partial charge in [-0.2, -0.15) is 0 Å². The van der Waals surface area contributed by atoms with Crippen molar-refractivity contribution < 1.29 is 9.84 Å². The van der Waals surface area contributed by atoms with Crippen molar-refractivity contribution in [1.29, 1.82) is 0 Å². The van der Waals surface area contributed by atoms with Crippen molar-refractivity contribution in [1.82, 2.24) is 9.97 Å². The number of aromatic nitrogens is 2. The van der Waals surface area contributed by atoms with Crippen molar-refractivity contribution in [2.45, 2.75) is 19.4 Å². The van der Waals surface area contributed by atoms with Gasteiger partial charge in [-0.15, -0.1) is 0 Å². The van der Waals surface area contributed by atoms with Crippen LogP contribution < -0.4 is 4.74 Å². The molecule has 94 valence electrons. The summed E-state index contributed by atoms with van der Waals surface area (Å²) >= 11 is 0. The fraction of sp³-hybridized carbons (Fsp3) is 0.286. The van der Waals surface area contributed by atoms with Crippen molar-refractivity contribution >= 4 is 0 Å². The van der Waals surface area contributed by atoms with Gasteiger partial charge in [0.05, 0.1) is 13.2 Å². The minimum atomic E-state index is -0.562. The van der Waals surface area contributed by atoms with Crippen LogP contribution >= 0.6 is 0 Å². The van der Waals surface area contributed by atoms with Gasteiger partial charge in [-0.25, -0.2) is 4.98 Å². The van der Waals surface area contributed by atoms with Crippen LogP contribution in [0.3, 0.4) is 0 Å². The van der Waals surface area contributed by atoms with Crippen LogP contribution in [0.15, 0.2) is 36.8 Å². The Bertz CT molecular complexity index is 511. The number of hydrogen-bond acceptors (Lipinski definition) is 4. The summed E-state index contributed by atoms with van der Waals surface area (Å²) < 4.78 is 4.99. The molecule has 0 saturated heterocycles. The molecule has 0 amide bonds. The molecule has 2 aromatic heterocycles. The van der Waals surface area contributed by atoms with Gasteiger partial charge in [-0.1, -0.05) is 12.1 Å². The summed E-state index contributed by atoms with van der Waals surface area (Å²) in [6, 6.07) is 5.63. The highest BCUT2D eigenvalue weighted by molar-refractivity contribution is 5.23. The Morgan fingerprint density at radius 3 is 2.72 bits per heavy atom. The first-order chi connectivity index (χ1) is 8.69. The first kappa shape index (κ1) is 12.5. The second-order valence-electron chi connectivity index (χ2n) is 4.22. The zero-order valence-corrected chi connectivity index (χ0v) is 10.5. The van der Waals surface area contributed by atoms with Crippen molar-refractivity contribution in [2.24, 2.45) is 0 Å². The monoisotopic (exact) mass is 244 g/mol. The van der Waals surface area contributed by atoms with Crippen LogP contribution in [0.2, 0.25) is 0 Å². The van der Waals surface area contributed by atoms with Crippen molar-refractivity contribution in [3.63, 3.8) is 0 Å². The van der Waals surface area contributed by atoms with E-state index in [-0.39, 0.29) is 0 Å². The number of aliphatic hydroxyl groups excluding tert-OH is 1. The topological polar surface area (TPSA) is 55.2 Å².